The molecule has 1 heterocycles. The summed E-state index contributed by atoms with van der Waals surface area (Å²) in [6, 6.07) is 18.7. The van der Waals surface area contributed by atoms with Gasteiger partial charge in [-0.3, -0.25) is 4.79 Å². The van der Waals surface area contributed by atoms with Gasteiger partial charge in [0.1, 0.15) is 18.1 Å². The van der Waals surface area contributed by atoms with Crippen LogP contribution in [0, 0.1) is 5.82 Å². The Morgan fingerprint density at radius 2 is 1.66 bits per heavy atom. The van der Waals surface area contributed by atoms with E-state index in [9.17, 15) is 14.0 Å². The molecule has 7 heteroatoms. The summed E-state index contributed by atoms with van der Waals surface area (Å²) in [5.41, 5.74) is 1.77. The molecule has 32 heavy (non-hydrogen) atoms. The largest absolute Gasteiger partial charge is 0.467 e. The number of halogens is 1. The van der Waals surface area contributed by atoms with Gasteiger partial charge in [0, 0.05) is 19.1 Å². The minimum Gasteiger partial charge on any atom is -0.467 e. The third-order valence-corrected chi connectivity index (χ3v) is 5.04. The highest BCUT2D eigenvalue weighted by Gasteiger charge is 2.24. The molecule has 0 unspecified atom stereocenters. The van der Waals surface area contributed by atoms with E-state index in [2.05, 4.69) is 5.32 Å². The molecule has 0 radical (unpaired) electrons. The van der Waals surface area contributed by atoms with Gasteiger partial charge in [0.05, 0.1) is 12.8 Å². The standard InChI is InChI=1S/C25H28FN3O3/c1-19(2)29(25(31)27-15-20-7-4-3-5-8-20)18-24(30)28(17-23-9-6-14-32-23)16-21-10-12-22(26)13-11-21/h3-14,19H,15-18H2,1-2H3,(H,27,31). The lowest BCUT2D eigenvalue weighted by molar-refractivity contribution is -0.133. The molecule has 168 valence electrons. The summed E-state index contributed by atoms with van der Waals surface area (Å²) in [5, 5.41) is 2.88. The van der Waals surface area contributed by atoms with E-state index in [1.165, 1.54) is 17.0 Å². The third-order valence-electron chi connectivity index (χ3n) is 5.04. The van der Waals surface area contributed by atoms with Crippen LogP contribution >= 0.6 is 0 Å². The summed E-state index contributed by atoms with van der Waals surface area (Å²) in [5.74, 6) is 0.0677. The monoisotopic (exact) mass is 437 g/mol. The van der Waals surface area contributed by atoms with Gasteiger partial charge in [0.2, 0.25) is 5.91 Å². The highest BCUT2D eigenvalue weighted by molar-refractivity contribution is 5.84. The maximum atomic E-state index is 13.3. The van der Waals surface area contributed by atoms with Crippen LogP contribution in [0.4, 0.5) is 9.18 Å². The molecule has 0 fully saturated rings. The fourth-order valence-corrected chi connectivity index (χ4v) is 3.24. The van der Waals surface area contributed by atoms with Crippen molar-refractivity contribution in [2.24, 2.45) is 0 Å². The van der Waals surface area contributed by atoms with Crippen LogP contribution in [0.2, 0.25) is 0 Å². The molecule has 1 aromatic heterocycles. The zero-order valence-electron chi connectivity index (χ0n) is 18.3. The average molecular weight is 438 g/mol. The first-order chi connectivity index (χ1) is 15.4. The first-order valence-electron chi connectivity index (χ1n) is 10.6. The Morgan fingerprint density at radius 1 is 0.938 bits per heavy atom. The Balaban J connectivity index is 1.69. The maximum Gasteiger partial charge on any atom is 0.318 e. The summed E-state index contributed by atoms with van der Waals surface area (Å²) in [6.07, 6.45) is 1.55. The van der Waals surface area contributed by atoms with E-state index in [0.29, 0.717) is 12.3 Å². The van der Waals surface area contributed by atoms with E-state index < -0.39 is 0 Å². The molecule has 0 saturated carbocycles. The first-order valence-corrected chi connectivity index (χ1v) is 10.6. The van der Waals surface area contributed by atoms with Crippen molar-refractivity contribution in [2.45, 2.75) is 39.5 Å². The van der Waals surface area contributed by atoms with E-state index >= 15 is 0 Å². The van der Waals surface area contributed by atoms with Crippen molar-refractivity contribution < 1.29 is 18.4 Å². The molecule has 0 atom stereocenters. The number of urea groups is 1. The van der Waals surface area contributed by atoms with Crippen molar-refractivity contribution in [3.8, 4) is 0 Å². The summed E-state index contributed by atoms with van der Waals surface area (Å²) >= 11 is 0. The van der Waals surface area contributed by atoms with Gasteiger partial charge >= 0.3 is 6.03 Å². The lowest BCUT2D eigenvalue weighted by atomic mass is 10.2. The predicted molar refractivity (Wildman–Crippen MR) is 120 cm³/mol. The average Bonchev–Trinajstić information content (AvgIpc) is 3.30. The van der Waals surface area contributed by atoms with Crippen molar-refractivity contribution in [3.63, 3.8) is 0 Å². The Labute approximate surface area is 187 Å². The van der Waals surface area contributed by atoms with Crippen LogP contribution in [0.25, 0.3) is 0 Å². The molecule has 0 aliphatic carbocycles. The fraction of sp³-hybridized carbons (Fsp3) is 0.280. The number of hydrogen-bond donors (Lipinski definition) is 1. The zero-order chi connectivity index (χ0) is 22.9. The maximum absolute atomic E-state index is 13.3. The van der Waals surface area contributed by atoms with E-state index in [1.807, 2.05) is 44.2 Å². The quantitative estimate of drug-likeness (QED) is 0.533. The van der Waals surface area contributed by atoms with Crippen LogP contribution in [-0.2, 0) is 24.4 Å². The van der Waals surface area contributed by atoms with Gasteiger partial charge in [-0.15, -0.1) is 0 Å². The molecular formula is C25H28FN3O3. The van der Waals surface area contributed by atoms with E-state index in [1.54, 1.807) is 35.4 Å². The van der Waals surface area contributed by atoms with Gasteiger partial charge in [0.15, 0.2) is 0 Å². The molecule has 0 saturated heterocycles. The number of hydrogen-bond acceptors (Lipinski definition) is 3. The Morgan fingerprint density at radius 3 is 2.28 bits per heavy atom. The fourth-order valence-electron chi connectivity index (χ4n) is 3.24. The summed E-state index contributed by atoms with van der Waals surface area (Å²) < 4.78 is 18.7. The molecule has 0 aliphatic rings. The lowest BCUT2D eigenvalue weighted by Crippen LogP contribution is -2.49. The number of carbonyl (C=O) groups is 2. The molecule has 0 aliphatic heterocycles. The van der Waals surface area contributed by atoms with Gasteiger partial charge in [-0.2, -0.15) is 0 Å². The Kier molecular flexibility index (Phi) is 8.02. The van der Waals surface area contributed by atoms with Crippen LogP contribution in [0.3, 0.4) is 0 Å². The molecule has 1 N–H and O–H groups in total. The molecule has 0 spiro atoms. The van der Waals surface area contributed by atoms with Crippen LogP contribution < -0.4 is 5.32 Å². The van der Waals surface area contributed by atoms with Crippen molar-refractivity contribution in [2.75, 3.05) is 6.54 Å². The second kappa shape index (κ2) is 11.1. The molecule has 2 aromatic carbocycles. The zero-order valence-corrected chi connectivity index (χ0v) is 18.3. The number of nitrogens with one attached hydrogen (secondary N) is 1. The predicted octanol–water partition coefficient (Wildman–Crippen LogP) is 4.57. The molecule has 6 nitrogen and oxygen atoms in total. The van der Waals surface area contributed by atoms with Crippen LogP contribution in [-0.4, -0.2) is 34.3 Å². The number of carbonyl (C=O) groups excluding carboxylic acids is 2. The van der Waals surface area contributed by atoms with E-state index in [4.69, 9.17) is 4.42 Å². The first kappa shape index (κ1) is 23.1. The minimum absolute atomic E-state index is 0.0831. The van der Waals surface area contributed by atoms with Crippen molar-refractivity contribution in [3.05, 3.63) is 95.7 Å². The van der Waals surface area contributed by atoms with Gasteiger partial charge in [-0.1, -0.05) is 42.5 Å². The highest BCUT2D eigenvalue weighted by Crippen LogP contribution is 2.13. The van der Waals surface area contributed by atoms with E-state index in [-0.39, 0.29) is 43.4 Å². The SMILES string of the molecule is CC(C)N(CC(=O)N(Cc1ccc(F)cc1)Cc1ccco1)C(=O)NCc1ccccc1. The van der Waals surface area contributed by atoms with Gasteiger partial charge in [-0.25, -0.2) is 9.18 Å². The second-order valence-corrected chi connectivity index (χ2v) is 7.82. The number of benzene rings is 2. The van der Waals surface area contributed by atoms with Gasteiger partial charge < -0.3 is 19.5 Å². The van der Waals surface area contributed by atoms with Crippen molar-refractivity contribution in [1.29, 1.82) is 0 Å². The topological polar surface area (TPSA) is 65.8 Å². The molecule has 3 aromatic rings. The molecular weight excluding hydrogens is 409 g/mol. The van der Waals surface area contributed by atoms with Crippen LogP contribution in [0.15, 0.2) is 77.4 Å². The van der Waals surface area contributed by atoms with Crippen LogP contribution in [0.1, 0.15) is 30.7 Å². The summed E-state index contributed by atoms with van der Waals surface area (Å²) in [4.78, 5) is 29.1. The Bertz CT molecular complexity index is 989. The number of nitrogens with zero attached hydrogens (tertiary/aromatic N) is 2. The van der Waals surface area contributed by atoms with E-state index in [0.717, 1.165) is 11.1 Å². The summed E-state index contributed by atoms with van der Waals surface area (Å²) in [6.45, 7) is 4.56. The number of furan rings is 1. The minimum atomic E-state index is -0.335. The van der Waals surface area contributed by atoms with Crippen molar-refractivity contribution >= 4 is 11.9 Å². The van der Waals surface area contributed by atoms with Crippen molar-refractivity contribution in [1.82, 2.24) is 15.1 Å². The molecule has 3 rings (SSSR count). The smallest absolute Gasteiger partial charge is 0.318 e. The van der Waals surface area contributed by atoms with Crippen LogP contribution in [0.5, 0.6) is 0 Å². The van der Waals surface area contributed by atoms with Gasteiger partial charge in [0.25, 0.3) is 0 Å². The van der Waals surface area contributed by atoms with Gasteiger partial charge in [-0.05, 0) is 49.2 Å². The number of amides is 3. The molecule has 3 amide bonds. The molecule has 0 bridgehead atoms. The lowest BCUT2D eigenvalue weighted by Gasteiger charge is -2.30. The summed E-state index contributed by atoms with van der Waals surface area (Å²) in [7, 11) is 0. The normalized spacial score (nSPS) is 10.8. The second-order valence-electron chi connectivity index (χ2n) is 7.82. The third kappa shape index (κ3) is 6.70. The highest BCUT2D eigenvalue weighted by atomic mass is 19.1. The Hall–Kier alpha value is -3.61. The number of rotatable bonds is 9.